The molecule has 3 aromatic rings. The SMILES string of the molecule is COc1ccc([C@H](C)NC(=O)CN(c2ccc(Cl)cc2)S(=O)(=O)c2cc(C)ccc2OC)cc1. The number of nitrogens with one attached hydrogen (secondary N) is 1. The van der Waals surface area contributed by atoms with Gasteiger partial charge in [-0.3, -0.25) is 9.10 Å². The Kier molecular flexibility index (Phi) is 8.06. The van der Waals surface area contributed by atoms with Crippen molar-refractivity contribution in [1.82, 2.24) is 5.32 Å². The van der Waals surface area contributed by atoms with Crippen LogP contribution in [-0.2, 0) is 14.8 Å². The van der Waals surface area contributed by atoms with Gasteiger partial charge in [-0.25, -0.2) is 8.42 Å². The molecule has 7 nitrogen and oxygen atoms in total. The second-order valence-corrected chi connectivity index (χ2v) is 9.97. The van der Waals surface area contributed by atoms with Crippen LogP contribution in [0.5, 0.6) is 11.5 Å². The fraction of sp³-hybridized carbons (Fsp3) is 0.240. The number of hydrogen-bond donors (Lipinski definition) is 1. The molecule has 9 heteroatoms. The first-order valence-corrected chi connectivity index (χ1v) is 12.3. The topological polar surface area (TPSA) is 84.9 Å². The lowest BCUT2D eigenvalue weighted by Gasteiger charge is -2.26. The molecule has 0 aliphatic carbocycles. The van der Waals surface area contributed by atoms with Gasteiger partial charge in [-0.15, -0.1) is 0 Å². The zero-order valence-corrected chi connectivity index (χ0v) is 21.0. The Morgan fingerprint density at radius 3 is 2.24 bits per heavy atom. The first-order chi connectivity index (χ1) is 16.1. The Morgan fingerprint density at radius 1 is 1.00 bits per heavy atom. The summed E-state index contributed by atoms with van der Waals surface area (Å²) in [6, 6.07) is 18.1. The highest BCUT2D eigenvalue weighted by Gasteiger charge is 2.30. The fourth-order valence-corrected chi connectivity index (χ4v) is 5.21. The lowest BCUT2D eigenvalue weighted by molar-refractivity contribution is -0.120. The Bertz CT molecular complexity index is 1250. The monoisotopic (exact) mass is 502 g/mol. The van der Waals surface area contributed by atoms with Crippen LogP contribution in [0, 0.1) is 6.92 Å². The minimum Gasteiger partial charge on any atom is -0.497 e. The molecule has 0 saturated carbocycles. The molecule has 3 aromatic carbocycles. The molecule has 180 valence electrons. The normalized spacial score (nSPS) is 12.0. The van der Waals surface area contributed by atoms with Gasteiger partial charge in [0.05, 0.1) is 25.9 Å². The third-order valence-electron chi connectivity index (χ3n) is 5.28. The van der Waals surface area contributed by atoms with E-state index < -0.39 is 22.5 Å². The van der Waals surface area contributed by atoms with Gasteiger partial charge >= 0.3 is 0 Å². The van der Waals surface area contributed by atoms with Gasteiger partial charge in [0.1, 0.15) is 22.9 Å². The van der Waals surface area contributed by atoms with Crippen molar-refractivity contribution in [2.45, 2.75) is 24.8 Å². The van der Waals surface area contributed by atoms with Crippen molar-refractivity contribution >= 4 is 33.2 Å². The van der Waals surface area contributed by atoms with E-state index in [0.29, 0.717) is 16.5 Å². The summed E-state index contributed by atoms with van der Waals surface area (Å²) in [4.78, 5) is 13.0. The number of benzene rings is 3. The van der Waals surface area contributed by atoms with E-state index in [0.717, 1.165) is 15.4 Å². The van der Waals surface area contributed by atoms with E-state index in [1.54, 1.807) is 62.6 Å². The Balaban J connectivity index is 1.93. The fourth-order valence-electron chi connectivity index (χ4n) is 3.42. The molecule has 0 fully saturated rings. The number of aryl methyl sites for hydroxylation is 1. The molecule has 1 amide bonds. The maximum atomic E-state index is 13.7. The van der Waals surface area contributed by atoms with Gasteiger partial charge in [0.25, 0.3) is 10.0 Å². The molecule has 0 spiro atoms. The molecule has 0 heterocycles. The molecular weight excluding hydrogens is 476 g/mol. The molecule has 0 aliphatic rings. The van der Waals surface area contributed by atoms with E-state index in [1.807, 2.05) is 19.1 Å². The molecule has 0 aliphatic heterocycles. The molecular formula is C25H27ClN2O5S. The second-order valence-electron chi connectivity index (χ2n) is 7.70. The zero-order valence-electron chi connectivity index (χ0n) is 19.4. The highest BCUT2D eigenvalue weighted by atomic mass is 35.5. The van der Waals surface area contributed by atoms with Gasteiger partial charge in [0, 0.05) is 5.02 Å². The maximum Gasteiger partial charge on any atom is 0.268 e. The van der Waals surface area contributed by atoms with Gasteiger partial charge < -0.3 is 14.8 Å². The summed E-state index contributed by atoms with van der Waals surface area (Å²) in [7, 11) is -1.17. The second kappa shape index (κ2) is 10.8. The van der Waals surface area contributed by atoms with E-state index in [4.69, 9.17) is 21.1 Å². The number of anilines is 1. The standard InChI is InChI=1S/C25H27ClN2O5S/c1-17-5-14-23(33-4)24(15-17)34(30,31)28(21-10-8-20(26)9-11-21)16-25(29)27-18(2)19-6-12-22(32-3)13-7-19/h5-15,18H,16H2,1-4H3,(H,27,29)/t18-/m0/s1. The van der Waals surface area contributed by atoms with Crippen molar-refractivity contribution in [3.8, 4) is 11.5 Å². The van der Waals surface area contributed by atoms with E-state index in [-0.39, 0.29) is 16.7 Å². The van der Waals surface area contributed by atoms with E-state index in [1.165, 1.54) is 13.2 Å². The first-order valence-electron chi connectivity index (χ1n) is 10.5. The van der Waals surface area contributed by atoms with Crippen LogP contribution in [0.25, 0.3) is 0 Å². The molecule has 34 heavy (non-hydrogen) atoms. The summed E-state index contributed by atoms with van der Waals surface area (Å²) < 4.78 is 39.0. The van der Waals surface area contributed by atoms with Crippen LogP contribution in [-0.4, -0.2) is 35.1 Å². The highest BCUT2D eigenvalue weighted by Crippen LogP contribution is 2.31. The minimum atomic E-state index is -4.15. The van der Waals surface area contributed by atoms with Crippen LogP contribution in [0.1, 0.15) is 24.1 Å². The number of amides is 1. The quantitative estimate of drug-likeness (QED) is 0.457. The van der Waals surface area contributed by atoms with Gasteiger partial charge in [-0.05, 0) is 73.5 Å². The number of ether oxygens (including phenoxy) is 2. The Labute approximate surface area is 205 Å². The summed E-state index contributed by atoms with van der Waals surface area (Å²) >= 11 is 6.00. The molecule has 0 saturated heterocycles. The summed E-state index contributed by atoms with van der Waals surface area (Å²) in [5, 5.41) is 3.32. The van der Waals surface area contributed by atoms with Crippen LogP contribution in [0.4, 0.5) is 5.69 Å². The number of carbonyl (C=O) groups is 1. The molecule has 0 aromatic heterocycles. The molecule has 1 N–H and O–H groups in total. The molecule has 3 rings (SSSR count). The van der Waals surface area contributed by atoms with E-state index in [9.17, 15) is 13.2 Å². The van der Waals surface area contributed by atoms with Crippen molar-refractivity contribution in [3.63, 3.8) is 0 Å². The van der Waals surface area contributed by atoms with Crippen molar-refractivity contribution in [1.29, 1.82) is 0 Å². The summed E-state index contributed by atoms with van der Waals surface area (Å²) in [5.41, 5.74) is 1.91. The summed E-state index contributed by atoms with van der Waals surface area (Å²) in [6.07, 6.45) is 0. The van der Waals surface area contributed by atoms with Crippen LogP contribution in [0.3, 0.4) is 0 Å². The molecule has 0 unspecified atom stereocenters. The lowest BCUT2D eigenvalue weighted by atomic mass is 10.1. The van der Waals surface area contributed by atoms with Crippen LogP contribution in [0.2, 0.25) is 5.02 Å². The van der Waals surface area contributed by atoms with E-state index in [2.05, 4.69) is 5.32 Å². The average Bonchev–Trinajstić information content (AvgIpc) is 2.83. The highest BCUT2D eigenvalue weighted by molar-refractivity contribution is 7.93. The molecule has 1 atom stereocenters. The third-order valence-corrected chi connectivity index (χ3v) is 7.33. The van der Waals surface area contributed by atoms with Crippen LogP contribution >= 0.6 is 11.6 Å². The Hall–Kier alpha value is -3.23. The zero-order chi connectivity index (χ0) is 24.9. The number of sulfonamides is 1. The van der Waals surface area contributed by atoms with Crippen molar-refractivity contribution < 1.29 is 22.7 Å². The number of nitrogens with zero attached hydrogens (tertiary/aromatic N) is 1. The van der Waals surface area contributed by atoms with Crippen LogP contribution in [0.15, 0.2) is 71.6 Å². The predicted octanol–water partition coefficient (Wildman–Crippen LogP) is 4.74. The number of halogens is 1. The van der Waals surface area contributed by atoms with Gasteiger partial charge in [-0.1, -0.05) is 29.8 Å². The molecule has 0 bridgehead atoms. The Morgan fingerprint density at radius 2 is 1.65 bits per heavy atom. The van der Waals surface area contributed by atoms with Crippen LogP contribution < -0.4 is 19.1 Å². The summed E-state index contributed by atoms with van der Waals surface area (Å²) in [6.45, 7) is 3.18. The average molecular weight is 503 g/mol. The maximum absolute atomic E-state index is 13.7. The predicted molar refractivity (Wildman–Crippen MR) is 133 cm³/mol. The van der Waals surface area contributed by atoms with Gasteiger partial charge in [0.15, 0.2) is 0 Å². The minimum absolute atomic E-state index is 0.0269. The number of hydrogen-bond acceptors (Lipinski definition) is 5. The molecule has 0 radical (unpaired) electrons. The van der Waals surface area contributed by atoms with Gasteiger partial charge in [0.2, 0.25) is 5.91 Å². The number of rotatable bonds is 9. The first kappa shape index (κ1) is 25.4. The van der Waals surface area contributed by atoms with Crippen molar-refractivity contribution in [2.24, 2.45) is 0 Å². The van der Waals surface area contributed by atoms with Crippen molar-refractivity contribution in [3.05, 3.63) is 82.9 Å². The third kappa shape index (κ3) is 5.81. The number of carbonyl (C=O) groups excluding carboxylic acids is 1. The van der Waals surface area contributed by atoms with E-state index >= 15 is 0 Å². The lowest BCUT2D eigenvalue weighted by Crippen LogP contribution is -2.41. The number of methoxy groups -OCH3 is 2. The largest absolute Gasteiger partial charge is 0.497 e. The smallest absolute Gasteiger partial charge is 0.268 e. The van der Waals surface area contributed by atoms with Gasteiger partial charge in [-0.2, -0.15) is 0 Å². The summed E-state index contributed by atoms with van der Waals surface area (Å²) in [5.74, 6) is 0.430. The van der Waals surface area contributed by atoms with Crippen molar-refractivity contribution in [2.75, 3.05) is 25.1 Å².